The molecule has 0 aromatic carbocycles. The summed E-state index contributed by atoms with van der Waals surface area (Å²) in [7, 11) is 0. The SMILES string of the molecule is C[C@@H]1CCC[C@@H]1CC(=O)CCN. The second-order valence-corrected chi connectivity index (χ2v) is 3.95. The Kier molecular flexibility index (Phi) is 3.73. The lowest BCUT2D eigenvalue weighted by atomic mass is 9.92. The van der Waals surface area contributed by atoms with E-state index in [1.807, 2.05) is 0 Å². The molecular weight excluding hydrogens is 150 g/mol. The zero-order valence-electron chi connectivity index (χ0n) is 7.88. The maximum Gasteiger partial charge on any atom is 0.134 e. The summed E-state index contributed by atoms with van der Waals surface area (Å²) in [6.07, 6.45) is 5.21. The molecule has 2 N–H and O–H groups in total. The molecule has 0 heterocycles. The van der Waals surface area contributed by atoms with E-state index in [0.717, 1.165) is 12.3 Å². The minimum Gasteiger partial charge on any atom is -0.330 e. The largest absolute Gasteiger partial charge is 0.330 e. The molecule has 1 aliphatic carbocycles. The van der Waals surface area contributed by atoms with Crippen LogP contribution in [-0.4, -0.2) is 12.3 Å². The summed E-state index contributed by atoms with van der Waals surface area (Å²) in [5, 5.41) is 0. The predicted molar refractivity (Wildman–Crippen MR) is 49.8 cm³/mol. The minimum atomic E-state index is 0.358. The van der Waals surface area contributed by atoms with Gasteiger partial charge < -0.3 is 5.73 Å². The van der Waals surface area contributed by atoms with Gasteiger partial charge in [0.1, 0.15) is 5.78 Å². The van der Waals surface area contributed by atoms with Crippen molar-refractivity contribution in [3.63, 3.8) is 0 Å². The summed E-state index contributed by atoms with van der Waals surface area (Å²) < 4.78 is 0. The molecule has 0 saturated heterocycles. The first-order chi connectivity index (χ1) is 5.74. The molecule has 1 saturated carbocycles. The van der Waals surface area contributed by atoms with E-state index in [0.29, 0.717) is 24.7 Å². The van der Waals surface area contributed by atoms with E-state index in [-0.39, 0.29) is 0 Å². The second-order valence-electron chi connectivity index (χ2n) is 3.95. The number of carbonyl (C=O) groups is 1. The van der Waals surface area contributed by atoms with Gasteiger partial charge in [-0.25, -0.2) is 0 Å². The van der Waals surface area contributed by atoms with Crippen molar-refractivity contribution in [1.29, 1.82) is 0 Å². The van der Waals surface area contributed by atoms with Crippen molar-refractivity contribution >= 4 is 5.78 Å². The van der Waals surface area contributed by atoms with E-state index >= 15 is 0 Å². The molecule has 0 unspecified atom stereocenters. The molecule has 12 heavy (non-hydrogen) atoms. The lowest BCUT2D eigenvalue weighted by Gasteiger charge is -2.13. The number of Topliss-reactive ketones (excluding diaryl/α,β-unsaturated/α-hetero) is 1. The maximum atomic E-state index is 11.3. The molecule has 0 aromatic rings. The fourth-order valence-corrected chi connectivity index (χ4v) is 2.08. The van der Waals surface area contributed by atoms with Crippen molar-refractivity contribution in [1.82, 2.24) is 0 Å². The van der Waals surface area contributed by atoms with Crippen LogP contribution in [0, 0.1) is 11.8 Å². The zero-order chi connectivity index (χ0) is 8.97. The Morgan fingerprint density at radius 1 is 1.50 bits per heavy atom. The zero-order valence-corrected chi connectivity index (χ0v) is 7.88. The molecule has 0 aromatic heterocycles. The van der Waals surface area contributed by atoms with Gasteiger partial charge in [0.25, 0.3) is 0 Å². The fourth-order valence-electron chi connectivity index (χ4n) is 2.08. The Morgan fingerprint density at radius 2 is 2.25 bits per heavy atom. The molecule has 2 heteroatoms. The van der Waals surface area contributed by atoms with Gasteiger partial charge in [0, 0.05) is 12.8 Å². The molecule has 2 atom stereocenters. The lowest BCUT2D eigenvalue weighted by Crippen LogP contribution is -2.14. The van der Waals surface area contributed by atoms with Crippen molar-refractivity contribution in [2.45, 2.75) is 39.0 Å². The molecule has 0 spiro atoms. The van der Waals surface area contributed by atoms with E-state index in [9.17, 15) is 4.79 Å². The van der Waals surface area contributed by atoms with E-state index in [1.54, 1.807) is 0 Å². The Hall–Kier alpha value is -0.370. The van der Waals surface area contributed by atoms with E-state index in [4.69, 9.17) is 5.73 Å². The summed E-state index contributed by atoms with van der Waals surface area (Å²) in [4.78, 5) is 11.3. The molecular formula is C10H19NO. The van der Waals surface area contributed by atoms with Gasteiger partial charge in [0.15, 0.2) is 0 Å². The molecule has 0 radical (unpaired) electrons. The maximum absolute atomic E-state index is 11.3. The van der Waals surface area contributed by atoms with Gasteiger partial charge in [-0.1, -0.05) is 19.8 Å². The van der Waals surface area contributed by atoms with Crippen LogP contribution in [0.3, 0.4) is 0 Å². The highest BCUT2D eigenvalue weighted by molar-refractivity contribution is 5.78. The van der Waals surface area contributed by atoms with Crippen LogP contribution in [0.4, 0.5) is 0 Å². The number of nitrogens with two attached hydrogens (primary N) is 1. The van der Waals surface area contributed by atoms with Gasteiger partial charge in [-0.15, -0.1) is 0 Å². The summed E-state index contributed by atoms with van der Waals surface area (Å²) in [5.41, 5.74) is 5.32. The molecule has 1 rings (SSSR count). The number of hydrogen-bond donors (Lipinski definition) is 1. The first-order valence-corrected chi connectivity index (χ1v) is 4.95. The second kappa shape index (κ2) is 4.61. The number of ketones is 1. The molecule has 70 valence electrons. The van der Waals surface area contributed by atoms with Crippen molar-refractivity contribution < 1.29 is 4.79 Å². The smallest absolute Gasteiger partial charge is 0.134 e. The van der Waals surface area contributed by atoms with Gasteiger partial charge in [-0.05, 0) is 24.8 Å². The van der Waals surface area contributed by atoms with E-state index in [1.165, 1.54) is 19.3 Å². The average molecular weight is 169 g/mol. The molecule has 2 nitrogen and oxygen atoms in total. The van der Waals surface area contributed by atoms with E-state index in [2.05, 4.69) is 6.92 Å². The topological polar surface area (TPSA) is 43.1 Å². The van der Waals surface area contributed by atoms with Crippen LogP contribution in [0.1, 0.15) is 39.0 Å². The monoisotopic (exact) mass is 169 g/mol. The predicted octanol–water partition coefficient (Wildman–Crippen LogP) is 1.73. The fraction of sp³-hybridized carbons (Fsp3) is 0.900. The number of hydrogen-bond acceptors (Lipinski definition) is 2. The highest BCUT2D eigenvalue weighted by atomic mass is 16.1. The molecule has 0 bridgehead atoms. The van der Waals surface area contributed by atoms with Crippen LogP contribution in [0.25, 0.3) is 0 Å². The Bertz CT molecular complexity index is 156. The number of carbonyl (C=O) groups excluding carboxylic acids is 1. The van der Waals surface area contributed by atoms with Crippen LogP contribution >= 0.6 is 0 Å². The lowest BCUT2D eigenvalue weighted by molar-refractivity contribution is -0.120. The van der Waals surface area contributed by atoms with Crippen LogP contribution in [0.5, 0.6) is 0 Å². The summed E-state index contributed by atoms with van der Waals surface area (Å²) >= 11 is 0. The Morgan fingerprint density at radius 3 is 2.75 bits per heavy atom. The van der Waals surface area contributed by atoms with Crippen molar-refractivity contribution in [3.05, 3.63) is 0 Å². The highest BCUT2D eigenvalue weighted by Gasteiger charge is 2.24. The Labute approximate surface area is 74.5 Å². The van der Waals surface area contributed by atoms with E-state index < -0.39 is 0 Å². The van der Waals surface area contributed by atoms with Crippen molar-refractivity contribution in [3.8, 4) is 0 Å². The van der Waals surface area contributed by atoms with Gasteiger partial charge in [-0.2, -0.15) is 0 Å². The first-order valence-electron chi connectivity index (χ1n) is 4.95. The van der Waals surface area contributed by atoms with Gasteiger partial charge in [-0.3, -0.25) is 4.79 Å². The normalized spacial score (nSPS) is 29.2. The third kappa shape index (κ3) is 2.59. The standard InChI is InChI=1S/C10H19NO/c1-8-3-2-4-9(8)7-10(12)5-6-11/h8-9H,2-7,11H2,1H3/t8-,9-/m1/s1. The third-order valence-electron chi connectivity index (χ3n) is 2.95. The van der Waals surface area contributed by atoms with Crippen molar-refractivity contribution in [2.24, 2.45) is 17.6 Å². The van der Waals surface area contributed by atoms with Crippen LogP contribution < -0.4 is 5.73 Å². The third-order valence-corrected chi connectivity index (χ3v) is 2.95. The number of rotatable bonds is 4. The van der Waals surface area contributed by atoms with Crippen LogP contribution in [-0.2, 0) is 4.79 Å². The molecule has 0 aliphatic heterocycles. The summed E-state index contributed by atoms with van der Waals surface area (Å²) in [6.45, 7) is 2.77. The molecule has 1 aliphatic rings. The molecule has 1 fully saturated rings. The quantitative estimate of drug-likeness (QED) is 0.696. The molecule has 0 amide bonds. The summed E-state index contributed by atoms with van der Waals surface area (Å²) in [6, 6.07) is 0. The van der Waals surface area contributed by atoms with Gasteiger partial charge in [0.05, 0.1) is 0 Å². The van der Waals surface area contributed by atoms with Gasteiger partial charge in [0.2, 0.25) is 0 Å². The Balaban J connectivity index is 2.25. The summed E-state index contributed by atoms with van der Waals surface area (Å²) in [5.74, 6) is 1.77. The van der Waals surface area contributed by atoms with Crippen LogP contribution in [0.2, 0.25) is 0 Å². The minimum absolute atomic E-state index is 0.358. The average Bonchev–Trinajstić information content (AvgIpc) is 2.37. The van der Waals surface area contributed by atoms with Crippen molar-refractivity contribution in [2.75, 3.05) is 6.54 Å². The highest BCUT2D eigenvalue weighted by Crippen LogP contribution is 2.33. The van der Waals surface area contributed by atoms with Crippen LogP contribution in [0.15, 0.2) is 0 Å². The first kappa shape index (κ1) is 9.72. The van der Waals surface area contributed by atoms with Gasteiger partial charge >= 0.3 is 0 Å².